The summed E-state index contributed by atoms with van der Waals surface area (Å²) in [7, 11) is 0. The molecule has 1 aromatic heterocycles. The molecule has 7 heteroatoms. The van der Waals surface area contributed by atoms with E-state index in [9.17, 15) is 9.59 Å². The van der Waals surface area contributed by atoms with Gasteiger partial charge in [-0.2, -0.15) is 0 Å². The van der Waals surface area contributed by atoms with Crippen molar-refractivity contribution in [2.45, 2.75) is 13.5 Å². The molecule has 1 radical (unpaired) electrons. The van der Waals surface area contributed by atoms with E-state index in [1.54, 1.807) is 12.3 Å². The summed E-state index contributed by atoms with van der Waals surface area (Å²) in [5.41, 5.74) is 2.49. The summed E-state index contributed by atoms with van der Waals surface area (Å²) in [6.07, 6.45) is 1.72. The van der Waals surface area contributed by atoms with E-state index in [0.29, 0.717) is 0 Å². The van der Waals surface area contributed by atoms with Crippen molar-refractivity contribution >= 4 is 11.9 Å². The van der Waals surface area contributed by atoms with E-state index in [-0.39, 0.29) is 61.7 Å². The molecule has 0 bridgehead atoms. The van der Waals surface area contributed by atoms with E-state index < -0.39 is 11.9 Å². The van der Waals surface area contributed by atoms with Gasteiger partial charge in [0.1, 0.15) is 0 Å². The Balaban J connectivity index is -0.000000484. The van der Waals surface area contributed by atoms with Crippen LogP contribution in [0.25, 0.3) is 17.4 Å². The van der Waals surface area contributed by atoms with E-state index >= 15 is 0 Å². The fourth-order valence-electron chi connectivity index (χ4n) is 1.59. The minimum atomic E-state index is -0.584. The molecule has 1 heterocycles. The molecule has 0 aliphatic carbocycles. The first-order chi connectivity index (χ1) is 10.1. The zero-order chi connectivity index (χ0) is 15.1. The first-order valence-corrected chi connectivity index (χ1v) is 6.36. The van der Waals surface area contributed by atoms with Crippen LogP contribution >= 0.6 is 0 Å². The number of esters is 2. The average molecular weight is 538 g/mol. The standard InChI is InChI=1S/C16H14NO4.3CH3.Ir.H2N/c1-12(18)20-11-16(19)21-10-13-5-7-14(8-6-13)15-4-2-3-9-17-15;;;;;/h2-7,9H,10-11H2,1H3;3*1H3;;1H2/q4*-1;;-1. The third-order valence-electron chi connectivity index (χ3n) is 2.61. The smallest absolute Gasteiger partial charge is 0.343 e. The molecule has 0 saturated carbocycles. The largest absolute Gasteiger partial charge is 0.693 e. The van der Waals surface area contributed by atoms with Crippen LogP contribution in [0, 0.1) is 28.3 Å². The van der Waals surface area contributed by atoms with Crippen LogP contribution in [0.3, 0.4) is 0 Å². The molecule has 0 saturated heterocycles. The van der Waals surface area contributed by atoms with E-state index in [1.807, 2.05) is 30.3 Å². The molecule has 0 aliphatic heterocycles. The molecule has 0 unspecified atom stereocenters. The summed E-state index contributed by atoms with van der Waals surface area (Å²) in [5.74, 6) is -1.10. The Hall–Kier alpha value is -2.08. The van der Waals surface area contributed by atoms with Crippen molar-refractivity contribution in [3.63, 3.8) is 0 Å². The number of rotatable bonds is 5. The van der Waals surface area contributed by atoms with Crippen molar-refractivity contribution in [3.8, 4) is 11.3 Å². The fourth-order valence-corrected chi connectivity index (χ4v) is 1.59. The molecule has 26 heavy (non-hydrogen) atoms. The van der Waals surface area contributed by atoms with Crippen LogP contribution < -0.4 is 0 Å². The maximum absolute atomic E-state index is 11.3. The van der Waals surface area contributed by atoms with Crippen molar-refractivity contribution in [3.05, 3.63) is 82.7 Å². The second kappa shape index (κ2) is 16.4. The third kappa shape index (κ3) is 10.7. The molecule has 0 atom stereocenters. The Kier molecular flexibility index (Phi) is 20.0. The Labute approximate surface area is 170 Å². The van der Waals surface area contributed by atoms with Crippen molar-refractivity contribution in [1.29, 1.82) is 0 Å². The first-order valence-electron chi connectivity index (χ1n) is 6.36. The Morgan fingerprint density at radius 3 is 2.27 bits per heavy atom. The number of carbonyl (C=O) groups excluding carboxylic acids is 2. The molecule has 6 nitrogen and oxygen atoms in total. The number of hydrogen-bond acceptors (Lipinski definition) is 5. The van der Waals surface area contributed by atoms with Gasteiger partial charge in [0.25, 0.3) is 0 Å². The monoisotopic (exact) mass is 538 g/mol. The minimum absolute atomic E-state index is 0. The maximum atomic E-state index is 11.3. The van der Waals surface area contributed by atoms with Crippen LogP contribution in [0.15, 0.2) is 42.6 Å². The normalized spacial score (nSPS) is 8.04. The van der Waals surface area contributed by atoms with Gasteiger partial charge < -0.3 is 42.9 Å². The van der Waals surface area contributed by atoms with Gasteiger partial charge in [0.05, 0.1) is 6.61 Å². The Morgan fingerprint density at radius 2 is 1.77 bits per heavy atom. The molecule has 0 spiro atoms. The number of ether oxygens (including phenoxy) is 2. The minimum Gasteiger partial charge on any atom is -0.693 e. The van der Waals surface area contributed by atoms with Gasteiger partial charge in [0.2, 0.25) is 0 Å². The van der Waals surface area contributed by atoms with Gasteiger partial charge in [-0.15, -0.1) is 29.8 Å². The Morgan fingerprint density at radius 1 is 1.08 bits per heavy atom. The SMILES string of the molecule is CC(=O)OCC(=O)OCc1c[c-]c(-c2ccccn2)cc1.[CH3-].[CH3-].[CH3-].[Ir].[NH2-]. The number of aromatic nitrogens is 1. The van der Waals surface area contributed by atoms with Gasteiger partial charge in [-0.25, -0.2) is 4.79 Å². The predicted molar refractivity (Wildman–Crippen MR) is 99.5 cm³/mol. The van der Waals surface area contributed by atoms with Crippen LogP contribution in [0.1, 0.15) is 12.5 Å². The topological polar surface area (TPSA) is 99.0 Å². The second-order valence-corrected chi connectivity index (χ2v) is 4.27. The van der Waals surface area contributed by atoms with Crippen LogP contribution in [0.2, 0.25) is 0 Å². The van der Waals surface area contributed by atoms with Gasteiger partial charge >= 0.3 is 11.9 Å². The number of nitrogens with zero attached hydrogens (tertiary/aromatic N) is 1. The van der Waals surface area contributed by atoms with Gasteiger partial charge in [-0.05, 0) is 11.8 Å². The van der Waals surface area contributed by atoms with Crippen molar-refractivity contribution < 1.29 is 39.2 Å². The number of nitrogens with two attached hydrogens (primary N) is 1. The number of carbonyl (C=O) groups is 2. The van der Waals surface area contributed by atoms with Crippen LogP contribution in [-0.4, -0.2) is 23.5 Å². The average Bonchev–Trinajstić information content (AvgIpc) is 2.52. The zero-order valence-corrected chi connectivity index (χ0v) is 17.8. The predicted octanol–water partition coefficient (Wildman–Crippen LogP) is 4.22. The quantitative estimate of drug-likeness (QED) is 0.420. The molecule has 149 valence electrons. The van der Waals surface area contributed by atoms with E-state index in [0.717, 1.165) is 16.8 Å². The van der Waals surface area contributed by atoms with Gasteiger partial charge in [0.15, 0.2) is 6.61 Å². The summed E-state index contributed by atoms with van der Waals surface area (Å²) in [6, 6.07) is 14.2. The molecular weight excluding hydrogens is 512 g/mol. The van der Waals surface area contributed by atoms with Gasteiger partial charge in [-0.1, -0.05) is 17.7 Å². The molecule has 0 amide bonds. The summed E-state index contributed by atoms with van der Waals surface area (Å²) in [6.45, 7) is 0.975. The summed E-state index contributed by atoms with van der Waals surface area (Å²) in [4.78, 5) is 26.1. The van der Waals surface area contributed by atoms with E-state index in [2.05, 4.69) is 15.8 Å². The number of benzene rings is 1. The summed E-state index contributed by atoms with van der Waals surface area (Å²) in [5, 5.41) is 0. The summed E-state index contributed by atoms with van der Waals surface area (Å²) >= 11 is 0. The van der Waals surface area contributed by atoms with Crippen LogP contribution in [-0.2, 0) is 45.8 Å². The van der Waals surface area contributed by atoms with Crippen molar-refractivity contribution in [2.24, 2.45) is 0 Å². The van der Waals surface area contributed by atoms with Gasteiger partial charge in [0, 0.05) is 33.2 Å². The van der Waals surface area contributed by atoms with E-state index in [4.69, 9.17) is 4.74 Å². The third-order valence-corrected chi connectivity index (χ3v) is 2.61. The van der Waals surface area contributed by atoms with Crippen LogP contribution in [0.5, 0.6) is 0 Å². The molecule has 2 N–H and O–H groups in total. The summed E-state index contributed by atoms with van der Waals surface area (Å²) < 4.78 is 9.51. The second-order valence-electron chi connectivity index (χ2n) is 4.27. The van der Waals surface area contributed by atoms with Crippen LogP contribution in [0.4, 0.5) is 0 Å². The molecule has 2 aromatic rings. The van der Waals surface area contributed by atoms with Crippen molar-refractivity contribution in [2.75, 3.05) is 6.61 Å². The first kappa shape index (κ1) is 31.7. The van der Waals surface area contributed by atoms with Crippen molar-refractivity contribution in [1.82, 2.24) is 4.98 Å². The molecule has 1 aromatic carbocycles. The van der Waals surface area contributed by atoms with Gasteiger partial charge in [-0.3, -0.25) is 4.79 Å². The maximum Gasteiger partial charge on any atom is 0.343 e. The van der Waals surface area contributed by atoms with E-state index in [1.165, 1.54) is 6.92 Å². The molecular formula is C19H25IrN2O4-5. The Bertz CT molecular complexity index is 619. The fraction of sp³-hybridized carbons (Fsp3) is 0.158. The molecule has 0 fully saturated rings. The molecule has 0 aliphatic rings. The zero-order valence-electron chi connectivity index (χ0n) is 15.4. The number of pyridine rings is 1. The number of hydrogen-bond donors (Lipinski definition) is 0. The molecule has 2 rings (SSSR count).